The van der Waals surface area contributed by atoms with Gasteiger partial charge in [0.25, 0.3) is 5.91 Å². The van der Waals surface area contributed by atoms with Crippen LogP contribution in [-0.4, -0.2) is 54.6 Å². The van der Waals surface area contributed by atoms with Crippen LogP contribution in [0.4, 0.5) is 24.5 Å². The fourth-order valence-electron chi connectivity index (χ4n) is 3.98. The molecule has 0 radical (unpaired) electrons. The maximum absolute atomic E-state index is 13.1. The largest absolute Gasteiger partial charge is 0.573 e. The number of aliphatic imine (C=N–C) groups is 1. The number of piperazine rings is 1. The Labute approximate surface area is 191 Å². The van der Waals surface area contributed by atoms with Crippen molar-refractivity contribution in [3.05, 3.63) is 53.6 Å². The Morgan fingerprint density at radius 3 is 2.36 bits per heavy atom. The molecule has 2 N–H and O–H groups in total. The Morgan fingerprint density at radius 1 is 1.15 bits per heavy atom. The second-order valence-electron chi connectivity index (χ2n) is 8.21. The van der Waals surface area contributed by atoms with Gasteiger partial charge in [0.2, 0.25) is 0 Å². The molecular weight excluding hydrogens is 433 g/mol. The van der Waals surface area contributed by atoms with Crippen LogP contribution in [0.2, 0.25) is 0 Å². The van der Waals surface area contributed by atoms with Gasteiger partial charge in [-0.2, -0.15) is 0 Å². The minimum Gasteiger partial charge on any atom is -0.406 e. The highest BCUT2D eigenvalue weighted by Crippen LogP contribution is 2.27. The average molecular weight is 463 g/mol. The van der Waals surface area contributed by atoms with E-state index in [4.69, 9.17) is 0 Å². The van der Waals surface area contributed by atoms with E-state index in [0.29, 0.717) is 36.6 Å². The topological polar surface area (TPSA) is 66.0 Å². The van der Waals surface area contributed by atoms with Gasteiger partial charge in [0.05, 0.1) is 5.69 Å². The van der Waals surface area contributed by atoms with Gasteiger partial charge in [-0.1, -0.05) is 6.07 Å². The number of halogens is 3. The maximum Gasteiger partial charge on any atom is 0.573 e. The van der Waals surface area contributed by atoms with E-state index in [-0.39, 0.29) is 23.7 Å². The van der Waals surface area contributed by atoms with Gasteiger partial charge in [-0.15, -0.1) is 13.2 Å². The maximum atomic E-state index is 13.1. The van der Waals surface area contributed by atoms with Gasteiger partial charge >= 0.3 is 6.36 Å². The first kappa shape index (κ1) is 24.6. The predicted molar refractivity (Wildman–Crippen MR) is 124 cm³/mol. The van der Waals surface area contributed by atoms with Crippen LogP contribution in [0.3, 0.4) is 0 Å². The van der Waals surface area contributed by atoms with Crippen molar-refractivity contribution in [2.75, 3.05) is 25.0 Å². The molecule has 1 amide bonds. The summed E-state index contributed by atoms with van der Waals surface area (Å²) in [5, 5.41) is 6.71. The van der Waals surface area contributed by atoms with Gasteiger partial charge in [-0.3, -0.25) is 9.79 Å². The monoisotopic (exact) mass is 462 g/mol. The second-order valence-corrected chi connectivity index (χ2v) is 8.21. The van der Waals surface area contributed by atoms with Gasteiger partial charge in [-0.05, 0) is 64.1 Å². The highest BCUT2D eigenvalue weighted by molar-refractivity contribution is 6.06. The van der Waals surface area contributed by atoms with E-state index in [1.54, 1.807) is 6.07 Å². The van der Waals surface area contributed by atoms with Crippen LogP contribution in [-0.2, 0) is 0 Å². The van der Waals surface area contributed by atoms with Crippen LogP contribution in [0, 0.1) is 0 Å². The lowest BCUT2D eigenvalue weighted by Gasteiger charge is -2.36. The Bertz CT molecular complexity index is 996. The van der Waals surface area contributed by atoms with Crippen molar-refractivity contribution in [1.82, 2.24) is 10.2 Å². The number of carbonyl (C=O) groups is 1. The standard InChI is InChI=1S/C24H29F3N4O2/c1-5-28-22-12-18(23(32)31-13-15(2)29-16(3)14-31)6-11-21(22)17(4)30-19-7-9-20(10-8-19)33-24(25,26)27/h6-12,15-16,28-29H,5,13-14H2,1-4H3. The molecule has 0 saturated carbocycles. The molecule has 6 nitrogen and oxygen atoms in total. The molecule has 2 atom stereocenters. The fourth-order valence-corrected chi connectivity index (χ4v) is 3.98. The second kappa shape index (κ2) is 10.2. The number of anilines is 1. The smallest absolute Gasteiger partial charge is 0.406 e. The molecule has 33 heavy (non-hydrogen) atoms. The minimum atomic E-state index is -4.73. The van der Waals surface area contributed by atoms with Crippen LogP contribution in [0.5, 0.6) is 5.75 Å². The number of benzene rings is 2. The summed E-state index contributed by atoms with van der Waals surface area (Å²) >= 11 is 0. The van der Waals surface area contributed by atoms with Gasteiger partial charge < -0.3 is 20.3 Å². The van der Waals surface area contributed by atoms with Crippen molar-refractivity contribution in [1.29, 1.82) is 0 Å². The summed E-state index contributed by atoms with van der Waals surface area (Å²) in [4.78, 5) is 19.5. The number of amides is 1. The van der Waals surface area contributed by atoms with Gasteiger partial charge in [0, 0.05) is 54.2 Å². The van der Waals surface area contributed by atoms with E-state index in [2.05, 4.69) is 34.2 Å². The molecule has 1 heterocycles. The summed E-state index contributed by atoms with van der Waals surface area (Å²) in [6, 6.07) is 11.3. The number of ether oxygens (including phenoxy) is 1. The van der Waals surface area contributed by atoms with Crippen molar-refractivity contribution in [3.63, 3.8) is 0 Å². The Morgan fingerprint density at radius 2 is 1.79 bits per heavy atom. The summed E-state index contributed by atoms with van der Waals surface area (Å²) in [5.41, 5.74) is 3.34. The van der Waals surface area contributed by atoms with Crippen LogP contribution in [0.1, 0.15) is 43.6 Å². The summed E-state index contributed by atoms with van der Waals surface area (Å²) in [6.07, 6.45) is -4.73. The first-order valence-electron chi connectivity index (χ1n) is 10.9. The zero-order chi connectivity index (χ0) is 24.2. The summed E-state index contributed by atoms with van der Waals surface area (Å²) in [6.45, 7) is 9.85. The van der Waals surface area contributed by atoms with E-state index in [1.807, 2.05) is 30.9 Å². The number of alkyl halides is 3. The molecule has 1 aliphatic rings. The summed E-state index contributed by atoms with van der Waals surface area (Å²) in [7, 11) is 0. The van der Waals surface area contributed by atoms with Crippen LogP contribution in [0.25, 0.3) is 0 Å². The molecule has 9 heteroatoms. The van der Waals surface area contributed by atoms with Crippen molar-refractivity contribution in [3.8, 4) is 5.75 Å². The van der Waals surface area contributed by atoms with Gasteiger partial charge in [-0.25, -0.2) is 0 Å². The third-order valence-corrected chi connectivity index (χ3v) is 5.24. The SMILES string of the molecule is CCNc1cc(C(=O)N2CC(C)NC(C)C2)ccc1C(C)=Nc1ccc(OC(F)(F)F)cc1. The van der Waals surface area contributed by atoms with Crippen LogP contribution < -0.4 is 15.4 Å². The first-order chi connectivity index (χ1) is 15.6. The Hall–Kier alpha value is -3.07. The van der Waals surface area contributed by atoms with E-state index in [0.717, 1.165) is 11.3 Å². The zero-order valence-electron chi connectivity index (χ0n) is 19.2. The third kappa shape index (κ3) is 6.71. The van der Waals surface area contributed by atoms with Crippen molar-refractivity contribution < 1.29 is 22.7 Å². The Kier molecular flexibility index (Phi) is 7.63. The molecule has 0 spiro atoms. The number of nitrogens with one attached hydrogen (secondary N) is 2. The average Bonchev–Trinajstić information content (AvgIpc) is 2.73. The van der Waals surface area contributed by atoms with E-state index >= 15 is 0 Å². The number of carbonyl (C=O) groups excluding carboxylic acids is 1. The normalized spacial score (nSPS) is 19.4. The van der Waals surface area contributed by atoms with Crippen molar-refractivity contribution in [2.24, 2.45) is 4.99 Å². The lowest BCUT2D eigenvalue weighted by molar-refractivity contribution is -0.274. The number of nitrogens with zero attached hydrogens (tertiary/aromatic N) is 2. The molecule has 1 aliphatic heterocycles. The lowest BCUT2D eigenvalue weighted by atomic mass is 10.0. The summed E-state index contributed by atoms with van der Waals surface area (Å²) in [5.74, 6) is -0.317. The molecule has 0 aromatic heterocycles. The van der Waals surface area contributed by atoms with E-state index in [9.17, 15) is 18.0 Å². The quantitative estimate of drug-likeness (QED) is 0.595. The Balaban J connectivity index is 1.83. The van der Waals surface area contributed by atoms with E-state index in [1.165, 1.54) is 24.3 Å². The molecule has 2 unspecified atom stereocenters. The van der Waals surface area contributed by atoms with Gasteiger partial charge in [0.1, 0.15) is 5.75 Å². The lowest BCUT2D eigenvalue weighted by Crippen LogP contribution is -2.55. The van der Waals surface area contributed by atoms with Crippen molar-refractivity contribution in [2.45, 2.75) is 46.1 Å². The molecule has 2 aromatic rings. The van der Waals surface area contributed by atoms with Gasteiger partial charge in [0.15, 0.2) is 0 Å². The third-order valence-electron chi connectivity index (χ3n) is 5.24. The van der Waals surface area contributed by atoms with Crippen LogP contribution >= 0.6 is 0 Å². The fraction of sp³-hybridized carbons (Fsp3) is 0.417. The summed E-state index contributed by atoms with van der Waals surface area (Å²) < 4.78 is 40.9. The molecule has 178 valence electrons. The molecule has 0 bridgehead atoms. The molecular formula is C24H29F3N4O2. The number of hydrogen-bond acceptors (Lipinski definition) is 5. The predicted octanol–water partition coefficient (Wildman–Crippen LogP) is 4.98. The zero-order valence-corrected chi connectivity index (χ0v) is 19.2. The van der Waals surface area contributed by atoms with Crippen LogP contribution in [0.15, 0.2) is 47.5 Å². The van der Waals surface area contributed by atoms with Crippen molar-refractivity contribution >= 4 is 23.0 Å². The molecule has 2 aromatic carbocycles. The molecule has 3 rings (SSSR count). The highest BCUT2D eigenvalue weighted by Gasteiger charge is 2.31. The first-order valence-corrected chi connectivity index (χ1v) is 10.9. The molecule has 0 aliphatic carbocycles. The van der Waals surface area contributed by atoms with E-state index < -0.39 is 6.36 Å². The number of hydrogen-bond donors (Lipinski definition) is 2. The minimum absolute atomic E-state index is 0.0178. The molecule has 1 saturated heterocycles. The number of rotatable bonds is 6. The highest BCUT2D eigenvalue weighted by atomic mass is 19.4. The molecule has 1 fully saturated rings.